The Kier molecular flexibility index (Phi) is 27.5. The van der Waals surface area contributed by atoms with E-state index in [1.807, 2.05) is 90.1 Å². The molecule has 3 fully saturated rings. The highest BCUT2D eigenvalue weighted by atomic mass is 35.5. The molecule has 5 heterocycles. The Bertz CT molecular complexity index is 3730. The third-order valence-electron chi connectivity index (χ3n) is 16.2. The zero-order valence-corrected chi connectivity index (χ0v) is 59.0. The molecular formula is C70H88Cl3F3N12O10. The van der Waals surface area contributed by atoms with Gasteiger partial charge in [-0.15, -0.1) is 12.4 Å². The topological polar surface area (TPSA) is 228 Å². The summed E-state index contributed by atoms with van der Waals surface area (Å²) in [5, 5.41) is 12.6. The van der Waals surface area contributed by atoms with E-state index in [0.717, 1.165) is 88.1 Å². The summed E-state index contributed by atoms with van der Waals surface area (Å²) in [6.07, 6.45) is -0.604. The van der Waals surface area contributed by atoms with Crippen LogP contribution in [0.15, 0.2) is 109 Å². The molecule has 6 N–H and O–H groups in total. The first-order chi connectivity index (χ1) is 46.2. The van der Waals surface area contributed by atoms with Crippen LogP contribution >= 0.6 is 35.6 Å². The molecule has 3 saturated heterocycles. The van der Waals surface area contributed by atoms with E-state index in [1.165, 1.54) is 36.4 Å². The number of piperazine rings is 3. The molecule has 0 bridgehead atoms. The van der Waals surface area contributed by atoms with Gasteiger partial charge >= 0.3 is 29.0 Å². The lowest BCUT2D eigenvalue weighted by atomic mass is 10.0. The number of fused-ring (bicyclic) bond motifs is 2. The fraction of sp³-hybridized carbons (Fsp3) is 0.414. The molecule has 0 saturated carbocycles. The molecule has 5 aliphatic rings. The van der Waals surface area contributed by atoms with Crippen molar-refractivity contribution in [1.82, 2.24) is 25.8 Å². The van der Waals surface area contributed by atoms with E-state index in [4.69, 9.17) is 34.2 Å². The highest BCUT2D eigenvalue weighted by molar-refractivity contribution is 6.93. The zero-order valence-electron chi connectivity index (χ0n) is 56.7. The summed E-state index contributed by atoms with van der Waals surface area (Å²) in [6, 6.07) is 30.2. The standard InChI is InChI=1S/C25H31FN4O4.C24H33FN4O3.C20H23FN4O2.CCl2O.ClH/c1-25(2,3)34-24(32)29-10-8-28(9-11-29)21-13-19(33-4)14-22-20(21)15-27-23(31)30(22)16-17-6-5-7-18(26)12-17;1-24(2,3)32-23(30)29-10-8-28(9-11-29)22-14-19(31-4)13-21(20(22)15-26)27-16-17-6-5-7-18(25)12-17;1-27-16-10-18(24-7-5-22-6-8-24)17-12-23-20(26)25(19(17)11-16)13-14-3-2-4-15(21)9-14;2-1(3)4;/h5-7,12-14H,8-11,15-16H2,1-4H3,(H,27,31);5-7,12-14,27H,8-11,15-16,26H2,1-4H3;2-4,9-11,22H,5-8,12-13H2,1H3,(H,23,26);;1H. The molecule has 0 radical (unpaired) electrons. The SMILES string of the molecule is COc1cc(N2CCN(C(=O)OC(C)(C)C)CC2)c2c(c1)N(Cc1cccc(F)c1)C(=O)NC2.COc1cc(N2CCNCC2)c2c(c1)N(Cc1cccc(F)c1)C(=O)NC2.COc1cc(NCc2cccc(F)c2)c(CN)c(N2CCN(C(=O)OC(C)(C)C)CC2)c1.Cl.O=C(Cl)Cl. The summed E-state index contributed by atoms with van der Waals surface area (Å²) in [6.45, 7) is 21.7. The first kappa shape index (κ1) is 76.6. The van der Waals surface area contributed by atoms with Gasteiger partial charge in [0.15, 0.2) is 0 Å². The second-order valence-corrected chi connectivity index (χ2v) is 26.1. The van der Waals surface area contributed by atoms with Crippen LogP contribution in [0.4, 0.5) is 71.3 Å². The fourth-order valence-corrected chi connectivity index (χ4v) is 11.6. The average Bonchev–Trinajstić information content (AvgIpc) is 0.774. The monoisotopic (exact) mass is 1420 g/mol. The van der Waals surface area contributed by atoms with Crippen molar-refractivity contribution in [2.45, 2.75) is 92.0 Å². The Balaban J connectivity index is 0.000000201. The lowest BCUT2D eigenvalue weighted by Crippen LogP contribution is -2.51. The number of benzene rings is 6. The lowest BCUT2D eigenvalue weighted by molar-refractivity contribution is 0.0230. The molecule has 6 amide bonds. The molecule has 98 heavy (non-hydrogen) atoms. The van der Waals surface area contributed by atoms with Crippen LogP contribution in [-0.2, 0) is 48.7 Å². The van der Waals surface area contributed by atoms with Gasteiger partial charge in [0.25, 0.3) is 0 Å². The molecule has 6 aromatic carbocycles. The second kappa shape index (κ2) is 35.1. The minimum absolute atomic E-state index is 0. The Hall–Kier alpha value is -8.75. The number of ether oxygens (including phenoxy) is 5. The van der Waals surface area contributed by atoms with Crippen LogP contribution in [0.2, 0.25) is 0 Å². The third kappa shape index (κ3) is 21.4. The smallest absolute Gasteiger partial charge is 0.410 e. The Labute approximate surface area is 587 Å². The number of nitrogens with one attached hydrogen (secondary N) is 4. The highest BCUT2D eigenvalue weighted by Gasteiger charge is 2.34. The molecule has 530 valence electrons. The summed E-state index contributed by atoms with van der Waals surface area (Å²) in [7, 11) is 4.84. The number of carbonyl (C=O) groups is 5. The lowest BCUT2D eigenvalue weighted by Gasteiger charge is -2.39. The van der Waals surface area contributed by atoms with Gasteiger partial charge in [0.05, 0.1) is 45.8 Å². The third-order valence-corrected chi connectivity index (χ3v) is 16.2. The summed E-state index contributed by atoms with van der Waals surface area (Å²) in [5.41, 5.74) is 15.7. The van der Waals surface area contributed by atoms with Crippen molar-refractivity contribution < 1.29 is 60.8 Å². The maximum Gasteiger partial charge on any atom is 0.410 e. The molecule has 11 rings (SSSR count). The van der Waals surface area contributed by atoms with Gasteiger partial charge in [-0.3, -0.25) is 14.6 Å². The van der Waals surface area contributed by atoms with Crippen molar-refractivity contribution in [2.75, 3.05) is 130 Å². The number of rotatable bonds is 14. The summed E-state index contributed by atoms with van der Waals surface area (Å²) in [4.78, 5) is 72.6. The van der Waals surface area contributed by atoms with Crippen LogP contribution in [0.3, 0.4) is 0 Å². The van der Waals surface area contributed by atoms with Gasteiger partial charge in [-0.2, -0.15) is 0 Å². The van der Waals surface area contributed by atoms with E-state index >= 15 is 0 Å². The number of nitrogens with two attached hydrogens (primary N) is 1. The quantitative estimate of drug-likeness (QED) is 0.0639. The van der Waals surface area contributed by atoms with Crippen molar-refractivity contribution >= 4 is 98.7 Å². The molecule has 0 aromatic heterocycles. The molecule has 0 aliphatic carbocycles. The minimum atomic E-state index is -0.889. The van der Waals surface area contributed by atoms with Gasteiger partial charge in [0.2, 0.25) is 0 Å². The van der Waals surface area contributed by atoms with Gasteiger partial charge in [-0.1, -0.05) is 36.4 Å². The molecule has 0 spiro atoms. The molecule has 0 atom stereocenters. The van der Waals surface area contributed by atoms with Crippen LogP contribution in [-0.4, -0.2) is 150 Å². The molecule has 22 nitrogen and oxygen atoms in total. The van der Waals surface area contributed by atoms with Crippen molar-refractivity contribution in [3.05, 3.63) is 160 Å². The van der Waals surface area contributed by atoms with Gasteiger partial charge < -0.3 is 75.2 Å². The van der Waals surface area contributed by atoms with E-state index in [-0.39, 0.29) is 60.7 Å². The fourth-order valence-electron chi connectivity index (χ4n) is 11.6. The number of methoxy groups -OCH3 is 3. The van der Waals surface area contributed by atoms with Gasteiger partial charge in [0, 0.05) is 181 Å². The van der Waals surface area contributed by atoms with Crippen LogP contribution in [0.25, 0.3) is 0 Å². The molecule has 5 aliphatic heterocycles. The Morgan fingerprint density at radius 1 is 0.520 bits per heavy atom. The van der Waals surface area contributed by atoms with Crippen molar-refractivity contribution in [2.24, 2.45) is 5.73 Å². The molecule has 0 unspecified atom stereocenters. The van der Waals surface area contributed by atoms with Gasteiger partial charge in [0.1, 0.15) is 45.9 Å². The predicted molar refractivity (Wildman–Crippen MR) is 380 cm³/mol. The number of urea groups is 2. The summed E-state index contributed by atoms with van der Waals surface area (Å²) >= 11 is 8.80. The van der Waals surface area contributed by atoms with E-state index < -0.39 is 15.9 Å². The highest BCUT2D eigenvalue weighted by Crippen LogP contribution is 2.41. The number of hydrogen-bond donors (Lipinski definition) is 5. The molecule has 28 heteroatoms. The van der Waals surface area contributed by atoms with Crippen LogP contribution in [0.1, 0.15) is 74.9 Å². The maximum absolute atomic E-state index is 13.7. The summed E-state index contributed by atoms with van der Waals surface area (Å²) in [5.74, 6) is 1.12. The number of hydrogen-bond acceptors (Lipinski definition) is 16. The van der Waals surface area contributed by atoms with Gasteiger partial charge in [-0.05, 0) is 118 Å². The number of halogens is 6. The van der Waals surface area contributed by atoms with Crippen LogP contribution < -0.4 is 65.7 Å². The second-order valence-electron chi connectivity index (χ2n) is 25.3. The largest absolute Gasteiger partial charge is 0.497 e. The number of amides is 6. The normalized spacial score (nSPS) is 15.2. The van der Waals surface area contributed by atoms with Crippen molar-refractivity contribution in [3.8, 4) is 17.2 Å². The first-order valence-electron chi connectivity index (χ1n) is 31.9. The van der Waals surface area contributed by atoms with Crippen LogP contribution in [0, 0.1) is 17.5 Å². The minimum Gasteiger partial charge on any atom is -0.497 e. The number of nitrogens with zero attached hydrogens (tertiary/aromatic N) is 7. The maximum atomic E-state index is 13.7. The predicted octanol–water partition coefficient (Wildman–Crippen LogP) is 12.6. The van der Waals surface area contributed by atoms with E-state index in [0.29, 0.717) is 108 Å². The van der Waals surface area contributed by atoms with Crippen LogP contribution in [0.5, 0.6) is 17.2 Å². The Morgan fingerprint density at radius 2 is 0.878 bits per heavy atom. The van der Waals surface area contributed by atoms with Crippen molar-refractivity contribution in [3.63, 3.8) is 0 Å². The van der Waals surface area contributed by atoms with E-state index in [2.05, 4.69) is 59.2 Å². The molecular weight excluding hydrogens is 1330 g/mol. The van der Waals surface area contributed by atoms with E-state index in [9.17, 15) is 32.3 Å². The Morgan fingerprint density at radius 3 is 1.27 bits per heavy atom. The van der Waals surface area contributed by atoms with Gasteiger partial charge in [-0.25, -0.2) is 32.3 Å². The van der Waals surface area contributed by atoms with Crippen molar-refractivity contribution in [1.29, 1.82) is 0 Å². The molecule has 6 aromatic rings. The average molecular weight is 1420 g/mol. The summed E-state index contributed by atoms with van der Waals surface area (Å²) < 4.78 is 67.5. The number of carbonyl (C=O) groups excluding carboxylic acids is 5. The number of anilines is 6. The zero-order chi connectivity index (χ0) is 70.1. The first-order valence-corrected chi connectivity index (χ1v) is 32.7. The van der Waals surface area contributed by atoms with E-state index in [1.54, 1.807) is 65.2 Å².